The molecular weight excluding hydrogens is 396 g/mol. The molecule has 1 aliphatic rings. The summed E-state index contributed by atoms with van der Waals surface area (Å²) in [5.41, 5.74) is 3.34. The van der Waals surface area contributed by atoms with Gasteiger partial charge >= 0.3 is 26.2 Å². The van der Waals surface area contributed by atoms with Crippen LogP contribution in [0.15, 0.2) is 36.4 Å². The summed E-state index contributed by atoms with van der Waals surface area (Å²) >= 11 is 0. The van der Waals surface area contributed by atoms with Crippen molar-refractivity contribution in [1.82, 2.24) is 0 Å². The van der Waals surface area contributed by atoms with Crippen LogP contribution < -0.4 is 24.8 Å². The number of fused-ring (bicyclic) bond motifs is 3. The predicted octanol–water partition coefficient (Wildman–Crippen LogP) is -2.33. The Morgan fingerprint density at radius 2 is 1.70 bits per heavy atom. The second-order valence-corrected chi connectivity index (χ2v) is 4.60. The Morgan fingerprint density at radius 3 is 2.35 bits per heavy atom. The van der Waals surface area contributed by atoms with Crippen LogP contribution >= 0.6 is 0 Å². The maximum Gasteiger partial charge on any atom is 2.00 e. The van der Waals surface area contributed by atoms with E-state index in [2.05, 4.69) is 10.2 Å². The van der Waals surface area contributed by atoms with Gasteiger partial charge in [-0.25, -0.2) is 8.78 Å². The summed E-state index contributed by atoms with van der Waals surface area (Å²) in [6.07, 6.45) is 0. The molecule has 101 valence electrons. The molecular formula is C14H9Cl2F2SiZr. The summed E-state index contributed by atoms with van der Waals surface area (Å²) in [5, 5.41) is 0. The van der Waals surface area contributed by atoms with Crippen molar-refractivity contribution in [2.24, 2.45) is 0 Å². The maximum absolute atomic E-state index is 13.9. The minimum atomic E-state index is -0.276. The molecule has 1 unspecified atom stereocenters. The topological polar surface area (TPSA) is 0 Å². The van der Waals surface area contributed by atoms with Crippen molar-refractivity contribution >= 4 is 10.2 Å². The molecule has 0 aliphatic heterocycles. The number of benzene rings is 2. The molecule has 0 bridgehead atoms. The molecule has 0 amide bonds. The third-order valence-electron chi connectivity index (χ3n) is 3.28. The Kier molecular flexibility index (Phi) is 7.83. The smallest absolute Gasteiger partial charge is 1.00 e. The Bertz CT molecular complexity index is 608. The molecule has 2 aromatic rings. The molecule has 0 nitrogen and oxygen atoms in total. The zero-order valence-corrected chi connectivity index (χ0v) is 15.2. The predicted molar refractivity (Wildman–Crippen MR) is 64.2 cm³/mol. The summed E-state index contributed by atoms with van der Waals surface area (Å²) in [5.74, 6) is -0.599. The fourth-order valence-electron chi connectivity index (χ4n) is 2.56. The molecule has 0 spiro atoms. The van der Waals surface area contributed by atoms with E-state index in [0.717, 1.165) is 16.7 Å². The maximum atomic E-state index is 13.9. The van der Waals surface area contributed by atoms with Crippen LogP contribution in [0.4, 0.5) is 8.78 Å². The standard InChI is InChI=1S/C14H9F2Si.2ClH.Zr/c15-8-4-5-9-10-2-1-3-13(16)14(10)12(7-17)11(9)6-8;;;/h1-6,12H,7H2;2*1H;/q;;;+2/p-2. The van der Waals surface area contributed by atoms with Crippen molar-refractivity contribution in [1.29, 1.82) is 0 Å². The Hall–Kier alpha value is -0.0200. The Balaban J connectivity index is 0.00000120. The van der Waals surface area contributed by atoms with E-state index in [4.69, 9.17) is 0 Å². The van der Waals surface area contributed by atoms with Gasteiger partial charge in [-0.1, -0.05) is 24.2 Å². The van der Waals surface area contributed by atoms with Crippen LogP contribution in [0.1, 0.15) is 17.0 Å². The van der Waals surface area contributed by atoms with Gasteiger partial charge in [0.1, 0.15) is 11.6 Å². The van der Waals surface area contributed by atoms with Crippen molar-refractivity contribution in [3.8, 4) is 11.1 Å². The minimum Gasteiger partial charge on any atom is -1.00 e. The Morgan fingerprint density at radius 1 is 1.00 bits per heavy atom. The van der Waals surface area contributed by atoms with Crippen molar-refractivity contribution in [2.45, 2.75) is 12.0 Å². The molecule has 0 N–H and O–H groups in total. The van der Waals surface area contributed by atoms with E-state index in [9.17, 15) is 8.78 Å². The summed E-state index contributed by atoms with van der Waals surface area (Å²) in [6.45, 7) is 0. The summed E-state index contributed by atoms with van der Waals surface area (Å²) < 4.78 is 27.2. The van der Waals surface area contributed by atoms with E-state index in [1.807, 2.05) is 6.07 Å². The molecule has 20 heavy (non-hydrogen) atoms. The first-order chi connectivity index (χ1) is 8.22. The molecule has 2 aromatic carbocycles. The fraction of sp³-hybridized carbons (Fsp3) is 0.143. The van der Waals surface area contributed by atoms with E-state index < -0.39 is 0 Å². The average molecular weight is 405 g/mol. The van der Waals surface area contributed by atoms with Gasteiger partial charge in [-0.3, -0.25) is 0 Å². The van der Waals surface area contributed by atoms with E-state index in [0.29, 0.717) is 11.6 Å². The van der Waals surface area contributed by atoms with Crippen LogP contribution in [0.2, 0.25) is 6.04 Å². The van der Waals surface area contributed by atoms with Gasteiger partial charge in [-0.15, -0.1) is 0 Å². The van der Waals surface area contributed by atoms with E-state index in [1.54, 1.807) is 12.1 Å². The van der Waals surface area contributed by atoms with Crippen LogP contribution in [-0.2, 0) is 26.2 Å². The van der Waals surface area contributed by atoms with Gasteiger partial charge in [0.25, 0.3) is 0 Å². The number of rotatable bonds is 1. The molecule has 1 atom stereocenters. The quantitative estimate of drug-likeness (QED) is 0.467. The van der Waals surface area contributed by atoms with Gasteiger partial charge in [-0.05, 0) is 34.9 Å². The normalized spacial score (nSPS) is 14.2. The molecule has 0 fully saturated rings. The first kappa shape index (κ1) is 20.0. The third kappa shape index (κ3) is 3.09. The molecule has 0 saturated heterocycles. The first-order valence-corrected chi connectivity index (χ1v) is 6.16. The monoisotopic (exact) mass is 403 g/mol. The van der Waals surface area contributed by atoms with E-state index in [1.165, 1.54) is 18.2 Å². The van der Waals surface area contributed by atoms with Gasteiger partial charge in [0, 0.05) is 21.7 Å². The van der Waals surface area contributed by atoms with Crippen LogP contribution in [0.25, 0.3) is 11.1 Å². The van der Waals surface area contributed by atoms with E-state index >= 15 is 0 Å². The molecule has 0 aromatic heterocycles. The molecule has 3 rings (SSSR count). The Labute approximate surface area is 151 Å². The van der Waals surface area contributed by atoms with E-state index in [-0.39, 0.29) is 68.6 Å². The molecule has 1 aliphatic carbocycles. The zero-order valence-electron chi connectivity index (χ0n) is 10.3. The van der Waals surface area contributed by atoms with Crippen molar-refractivity contribution in [3.63, 3.8) is 0 Å². The zero-order chi connectivity index (χ0) is 12.0. The SMILES string of the molecule is Fc1ccc2c(c1)C(C[Si])c1c(F)cccc1-2.[Cl-].[Cl-].[Zr+2]. The van der Waals surface area contributed by atoms with Crippen LogP contribution in [0.5, 0.6) is 0 Å². The summed E-state index contributed by atoms with van der Waals surface area (Å²) in [6, 6.07) is 10.3. The molecule has 3 radical (unpaired) electrons. The average Bonchev–Trinajstić information content (AvgIpc) is 2.63. The summed E-state index contributed by atoms with van der Waals surface area (Å²) in [4.78, 5) is 0. The van der Waals surface area contributed by atoms with Gasteiger partial charge < -0.3 is 24.8 Å². The van der Waals surface area contributed by atoms with Crippen LogP contribution in [0, 0.1) is 11.6 Å². The van der Waals surface area contributed by atoms with Crippen molar-refractivity contribution in [2.75, 3.05) is 0 Å². The molecule has 0 heterocycles. The fourth-order valence-corrected chi connectivity index (χ4v) is 2.98. The van der Waals surface area contributed by atoms with Gasteiger partial charge in [-0.2, -0.15) is 0 Å². The molecule has 0 saturated carbocycles. The second-order valence-electron chi connectivity index (χ2n) is 4.19. The van der Waals surface area contributed by atoms with Crippen LogP contribution in [-0.4, -0.2) is 10.2 Å². The van der Waals surface area contributed by atoms with Crippen molar-refractivity contribution < 1.29 is 59.8 Å². The second kappa shape index (κ2) is 7.84. The number of hydrogen-bond acceptors (Lipinski definition) is 0. The van der Waals surface area contributed by atoms with Gasteiger partial charge in [0.2, 0.25) is 0 Å². The van der Waals surface area contributed by atoms with Gasteiger partial charge in [0.05, 0.1) is 0 Å². The van der Waals surface area contributed by atoms with Gasteiger partial charge in [0.15, 0.2) is 0 Å². The summed E-state index contributed by atoms with van der Waals surface area (Å²) in [7, 11) is 3.44. The molecule has 6 heteroatoms. The van der Waals surface area contributed by atoms with Crippen LogP contribution in [0.3, 0.4) is 0 Å². The van der Waals surface area contributed by atoms with Crippen molar-refractivity contribution in [3.05, 3.63) is 59.2 Å². The number of halogens is 4. The number of hydrogen-bond donors (Lipinski definition) is 0. The third-order valence-corrected chi connectivity index (χ3v) is 3.69. The first-order valence-electron chi connectivity index (χ1n) is 5.45. The minimum absolute atomic E-state index is 0. The largest absolute Gasteiger partial charge is 2.00 e.